The number of rotatable bonds is 8. The molecule has 0 aliphatic heterocycles. The molecule has 0 aliphatic carbocycles. The summed E-state index contributed by atoms with van der Waals surface area (Å²) < 4.78 is 15.7. The van der Waals surface area contributed by atoms with Crippen molar-refractivity contribution in [3.63, 3.8) is 0 Å². The summed E-state index contributed by atoms with van der Waals surface area (Å²) >= 11 is 0. The first-order valence-electron chi connectivity index (χ1n) is 7.43. The SMILES string of the molecule is COc1ccc(CCNC(=O)NC[C@@H](OC)c2ccco2)cc1. The molecule has 0 radical (unpaired) electrons. The van der Waals surface area contributed by atoms with Gasteiger partial charge in [0.15, 0.2) is 0 Å². The predicted molar refractivity (Wildman–Crippen MR) is 86.6 cm³/mol. The van der Waals surface area contributed by atoms with Crippen LogP contribution in [0.1, 0.15) is 17.4 Å². The Labute approximate surface area is 135 Å². The van der Waals surface area contributed by atoms with Crippen molar-refractivity contribution >= 4 is 6.03 Å². The van der Waals surface area contributed by atoms with Crippen molar-refractivity contribution in [2.75, 3.05) is 27.3 Å². The van der Waals surface area contributed by atoms with E-state index in [-0.39, 0.29) is 12.1 Å². The summed E-state index contributed by atoms with van der Waals surface area (Å²) in [5.74, 6) is 1.51. The third-order valence-corrected chi connectivity index (χ3v) is 3.45. The second-order valence-electron chi connectivity index (χ2n) is 4.97. The van der Waals surface area contributed by atoms with E-state index in [1.54, 1.807) is 26.5 Å². The van der Waals surface area contributed by atoms with Crippen LogP contribution in [0.25, 0.3) is 0 Å². The largest absolute Gasteiger partial charge is 0.497 e. The molecule has 2 rings (SSSR count). The molecule has 1 heterocycles. The van der Waals surface area contributed by atoms with Crippen molar-refractivity contribution < 1.29 is 18.7 Å². The number of urea groups is 1. The highest BCUT2D eigenvalue weighted by Crippen LogP contribution is 2.15. The fourth-order valence-electron chi connectivity index (χ4n) is 2.14. The van der Waals surface area contributed by atoms with E-state index < -0.39 is 0 Å². The number of furan rings is 1. The number of nitrogens with one attached hydrogen (secondary N) is 2. The number of ether oxygens (including phenoxy) is 2. The first-order valence-corrected chi connectivity index (χ1v) is 7.43. The molecule has 1 aromatic carbocycles. The van der Waals surface area contributed by atoms with Crippen LogP contribution in [-0.2, 0) is 11.2 Å². The Bertz CT molecular complexity index is 581. The molecule has 6 heteroatoms. The van der Waals surface area contributed by atoms with E-state index in [0.29, 0.717) is 18.8 Å². The van der Waals surface area contributed by atoms with Gasteiger partial charge in [-0.3, -0.25) is 0 Å². The van der Waals surface area contributed by atoms with Gasteiger partial charge in [0, 0.05) is 13.7 Å². The first kappa shape index (κ1) is 16.9. The second-order valence-corrected chi connectivity index (χ2v) is 4.97. The van der Waals surface area contributed by atoms with E-state index in [1.165, 1.54) is 0 Å². The monoisotopic (exact) mass is 318 g/mol. The van der Waals surface area contributed by atoms with Gasteiger partial charge in [0.05, 0.1) is 19.9 Å². The lowest BCUT2D eigenvalue weighted by Crippen LogP contribution is -2.38. The fourth-order valence-corrected chi connectivity index (χ4v) is 2.14. The Morgan fingerprint density at radius 1 is 1.17 bits per heavy atom. The number of hydrogen-bond acceptors (Lipinski definition) is 4. The summed E-state index contributed by atoms with van der Waals surface area (Å²) in [5.41, 5.74) is 1.14. The van der Waals surface area contributed by atoms with Crippen molar-refractivity contribution in [3.05, 3.63) is 54.0 Å². The van der Waals surface area contributed by atoms with E-state index in [9.17, 15) is 4.79 Å². The summed E-state index contributed by atoms with van der Waals surface area (Å²) in [5, 5.41) is 5.59. The maximum absolute atomic E-state index is 11.8. The predicted octanol–water partition coefficient (Wildman–Crippen LogP) is 2.52. The normalized spacial score (nSPS) is 11.7. The van der Waals surface area contributed by atoms with Gasteiger partial charge < -0.3 is 24.5 Å². The summed E-state index contributed by atoms with van der Waals surface area (Å²) in [6.45, 7) is 0.898. The molecule has 0 saturated heterocycles. The molecule has 23 heavy (non-hydrogen) atoms. The maximum Gasteiger partial charge on any atom is 0.314 e. The van der Waals surface area contributed by atoms with Gasteiger partial charge in [0.2, 0.25) is 0 Å². The highest BCUT2D eigenvalue weighted by atomic mass is 16.5. The zero-order chi connectivity index (χ0) is 16.5. The fraction of sp³-hybridized carbons (Fsp3) is 0.353. The lowest BCUT2D eigenvalue weighted by molar-refractivity contribution is 0.0850. The Morgan fingerprint density at radius 3 is 2.57 bits per heavy atom. The molecular weight excluding hydrogens is 296 g/mol. The molecule has 0 fully saturated rings. The molecule has 2 amide bonds. The van der Waals surface area contributed by atoms with Crippen molar-refractivity contribution in [2.45, 2.75) is 12.5 Å². The Morgan fingerprint density at radius 2 is 1.96 bits per heavy atom. The molecule has 0 saturated carbocycles. The third kappa shape index (κ3) is 5.34. The van der Waals surface area contributed by atoms with Gasteiger partial charge in [-0.05, 0) is 36.2 Å². The lowest BCUT2D eigenvalue weighted by atomic mass is 10.1. The molecule has 0 aliphatic rings. The molecule has 2 N–H and O–H groups in total. The third-order valence-electron chi connectivity index (χ3n) is 3.45. The van der Waals surface area contributed by atoms with Crippen molar-refractivity contribution in [1.82, 2.24) is 10.6 Å². The summed E-state index contributed by atoms with van der Waals surface area (Å²) in [4.78, 5) is 11.8. The van der Waals surface area contributed by atoms with Crippen LogP contribution < -0.4 is 15.4 Å². The van der Waals surface area contributed by atoms with Crippen LogP contribution in [0.3, 0.4) is 0 Å². The average Bonchev–Trinajstić information content (AvgIpc) is 3.10. The van der Waals surface area contributed by atoms with E-state index in [4.69, 9.17) is 13.9 Å². The maximum atomic E-state index is 11.8. The van der Waals surface area contributed by atoms with Gasteiger partial charge in [0.25, 0.3) is 0 Å². The molecular formula is C17H22N2O4. The highest BCUT2D eigenvalue weighted by Gasteiger charge is 2.14. The standard InChI is InChI=1S/C17H22N2O4/c1-21-14-7-5-13(6-8-14)9-10-18-17(20)19-12-16(22-2)15-4-3-11-23-15/h3-8,11,16H,9-10,12H2,1-2H3,(H2,18,19,20)/t16-/m1/s1. The van der Waals surface area contributed by atoms with Crippen LogP contribution in [0, 0.1) is 0 Å². The van der Waals surface area contributed by atoms with Crippen LogP contribution in [0.2, 0.25) is 0 Å². The van der Waals surface area contributed by atoms with Gasteiger partial charge in [-0.15, -0.1) is 0 Å². The zero-order valence-electron chi connectivity index (χ0n) is 13.4. The Hall–Kier alpha value is -2.47. The van der Waals surface area contributed by atoms with Crippen molar-refractivity contribution in [3.8, 4) is 5.75 Å². The molecule has 0 spiro atoms. The molecule has 0 bridgehead atoms. The van der Waals surface area contributed by atoms with Gasteiger partial charge >= 0.3 is 6.03 Å². The molecule has 6 nitrogen and oxygen atoms in total. The van der Waals surface area contributed by atoms with Gasteiger partial charge in [0.1, 0.15) is 17.6 Å². The molecule has 2 aromatic rings. The Kier molecular flexibility index (Phi) is 6.50. The van der Waals surface area contributed by atoms with E-state index in [0.717, 1.165) is 17.7 Å². The smallest absolute Gasteiger partial charge is 0.314 e. The average molecular weight is 318 g/mol. The number of hydrogen-bond donors (Lipinski definition) is 2. The van der Waals surface area contributed by atoms with E-state index in [1.807, 2.05) is 30.3 Å². The highest BCUT2D eigenvalue weighted by molar-refractivity contribution is 5.73. The molecule has 1 aromatic heterocycles. The first-order chi connectivity index (χ1) is 11.2. The number of carbonyl (C=O) groups is 1. The van der Waals surface area contributed by atoms with Crippen molar-refractivity contribution in [2.24, 2.45) is 0 Å². The Balaban J connectivity index is 1.68. The minimum Gasteiger partial charge on any atom is -0.497 e. The van der Waals surface area contributed by atoms with Crippen LogP contribution in [0.15, 0.2) is 47.1 Å². The van der Waals surface area contributed by atoms with Crippen LogP contribution in [-0.4, -0.2) is 33.3 Å². The van der Waals surface area contributed by atoms with E-state index in [2.05, 4.69) is 10.6 Å². The number of benzene rings is 1. The van der Waals surface area contributed by atoms with Crippen LogP contribution in [0.4, 0.5) is 4.79 Å². The van der Waals surface area contributed by atoms with Crippen molar-refractivity contribution in [1.29, 1.82) is 0 Å². The topological polar surface area (TPSA) is 72.7 Å². The quantitative estimate of drug-likeness (QED) is 0.784. The summed E-state index contributed by atoms with van der Waals surface area (Å²) in [6.07, 6.45) is 2.04. The number of methoxy groups -OCH3 is 2. The summed E-state index contributed by atoms with van der Waals surface area (Å²) in [6, 6.07) is 11.1. The molecule has 1 atom stereocenters. The molecule has 124 valence electrons. The van der Waals surface area contributed by atoms with Crippen LogP contribution >= 0.6 is 0 Å². The minimum absolute atomic E-state index is 0.230. The zero-order valence-corrected chi connectivity index (χ0v) is 13.4. The number of carbonyl (C=O) groups excluding carboxylic acids is 1. The van der Waals surface area contributed by atoms with Gasteiger partial charge in [-0.1, -0.05) is 12.1 Å². The van der Waals surface area contributed by atoms with Gasteiger partial charge in [-0.25, -0.2) is 4.79 Å². The van der Waals surface area contributed by atoms with E-state index >= 15 is 0 Å². The minimum atomic E-state index is -0.294. The molecule has 0 unspecified atom stereocenters. The lowest BCUT2D eigenvalue weighted by Gasteiger charge is -2.14. The van der Waals surface area contributed by atoms with Crippen LogP contribution in [0.5, 0.6) is 5.75 Å². The summed E-state index contributed by atoms with van der Waals surface area (Å²) in [7, 11) is 3.22. The number of amides is 2. The second kappa shape index (κ2) is 8.85. The van der Waals surface area contributed by atoms with Gasteiger partial charge in [-0.2, -0.15) is 0 Å².